The molecule has 1 aromatic rings. The predicted molar refractivity (Wildman–Crippen MR) is 69.7 cm³/mol. The summed E-state index contributed by atoms with van der Waals surface area (Å²) < 4.78 is 0. The Morgan fingerprint density at radius 3 is 2.78 bits per heavy atom. The van der Waals surface area contributed by atoms with Crippen LogP contribution in [0.1, 0.15) is 36.4 Å². The number of carbonyl (C=O) groups is 2. The molecule has 0 saturated carbocycles. The molecule has 6 heteroatoms. The number of hydrogen-bond acceptors (Lipinski definition) is 4. The Morgan fingerprint density at radius 2 is 2.17 bits per heavy atom. The van der Waals surface area contributed by atoms with Crippen molar-refractivity contribution in [1.29, 1.82) is 0 Å². The number of rotatable bonds is 8. The van der Waals surface area contributed by atoms with Crippen LogP contribution < -0.4 is 5.32 Å². The van der Waals surface area contributed by atoms with Crippen LogP contribution in [0.3, 0.4) is 0 Å². The van der Waals surface area contributed by atoms with Gasteiger partial charge < -0.3 is 10.4 Å². The molecule has 5 nitrogen and oxygen atoms in total. The number of nitrogens with one attached hydrogen (secondary N) is 1. The lowest BCUT2D eigenvalue weighted by Crippen LogP contribution is -2.24. The molecule has 0 fully saturated rings. The van der Waals surface area contributed by atoms with Gasteiger partial charge in [-0.25, -0.2) is 4.98 Å². The van der Waals surface area contributed by atoms with Crippen LogP contribution in [0.15, 0.2) is 5.38 Å². The van der Waals surface area contributed by atoms with Crippen LogP contribution in [0.2, 0.25) is 0 Å². The monoisotopic (exact) mass is 270 g/mol. The Kier molecular flexibility index (Phi) is 6.35. The molecule has 0 saturated heterocycles. The molecule has 0 spiro atoms. The first kappa shape index (κ1) is 14.6. The number of aromatic nitrogens is 1. The van der Waals surface area contributed by atoms with E-state index in [0.717, 1.165) is 23.5 Å². The van der Waals surface area contributed by atoms with E-state index in [1.54, 1.807) is 11.3 Å². The number of aliphatic carboxylic acids is 1. The first-order valence-corrected chi connectivity index (χ1v) is 6.85. The maximum absolute atomic E-state index is 11.4. The number of hydrogen-bond donors (Lipinski definition) is 2. The highest BCUT2D eigenvalue weighted by Gasteiger charge is 2.03. The third-order valence-electron chi connectivity index (χ3n) is 2.39. The zero-order chi connectivity index (χ0) is 13.4. The highest BCUT2D eigenvalue weighted by Crippen LogP contribution is 2.10. The smallest absolute Gasteiger partial charge is 0.303 e. The summed E-state index contributed by atoms with van der Waals surface area (Å²) >= 11 is 1.62. The van der Waals surface area contributed by atoms with Crippen molar-refractivity contribution < 1.29 is 14.7 Å². The number of carboxylic acid groups (broad SMARTS) is 1. The number of amides is 1. The van der Waals surface area contributed by atoms with Gasteiger partial charge >= 0.3 is 5.97 Å². The summed E-state index contributed by atoms with van der Waals surface area (Å²) in [6.45, 7) is 2.39. The van der Waals surface area contributed by atoms with Crippen LogP contribution in [-0.2, 0) is 16.0 Å². The molecule has 1 aromatic heterocycles. The molecule has 100 valence electrons. The molecule has 2 N–H and O–H groups in total. The second kappa shape index (κ2) is 7.81. The summed E-state index contributed by atoms with van der Waals surface area (Å²) in [7, 11) is 0. The predicted octanol–water partition coefficient (Wildman–Crippen LogP) is 1.76. The van der Waals surface area contributed by atoms with E-state index >= 15 is 0 Å². The molecule has 1 heterocycles. The van der Waals surface area contributed by atoms with Gasteiger partial charge in [-0.15, -0.1) is 11.3 Å². The summed E-state index contributed by atoms with van der Waals surface area (Å²) in [4.78, 5) is 26.0. The molecule has 0 aliphatic rings. The lowest BCUT2D eigenvalue weighted by molar-refractivity contribution is -0.137. The van der Waals surface area contributed by atoms with E-state index in [9.17, 15) is 9.59 Å². The molecule has 0 aromatic carbocycles. The molecule has 0 unspecified atom stereocenters. The Balaban J connectivity index is 2.05. The Labute approximate surface area is 110 Å². The maximum Gasteiger partial charge on any atom is 0.303 e. The molecule has 0 atom stereocenters. The fraction of sp³-hybridized carbons (Fsp3) is 0.583. The van der Waals surface area contributed by atoms with E-state index in [0.29, 0.717) is 19.4 Å². The van der Waals surface area contributed by atoms with Crippen molar-refractivity contribution in [2.45, 2.75) is 39.0 Å². The lowest BCUT2D eigenvalue weighted by Gasteiger charge is -2.03. The zero-order valence-corrected chi connectivity index (χ0v) is 11.3. The van der Waals surface area contributed by atoms with Gasteiger partial charge in [0.1, 0.15) is 0 Å². The SMILES string of the molecule is Cc1nc(CCCC(=O)NCCCC(=O)O)cs1. The topological polar surface area (TPSA) is 79.3 Å². The van der Waals surface area contributed by atoms with Gasteiger partial charge in [0.15, 0.2) is 0 Å². The molecule has 0 bridgehead atoms. The second-order valence-corrected chi connectivity index (χ2v) is 5.12. The number of carboxylic acids is 1. The standard InChI is InChI=1S/C12H18N2O3S/c1-9-14-10(8-18-9)4-2-5-11(15)13-7-3-6-12(16)17/h8H,2-7H2,1H3,(H,13,15)(H,16,17). The van der Waals surface area contributed by atoms with Crippen molar-refractivity contribution in [3.63, 3.8) is 0 Å². The van der Waals surface area contributed by atoms with Crippen LogP contribution in [0.25, 0.3) is 0 Å². The number of nitrogens with zero attached hydrogens (tertiary/aromatic N) is 1. The average Bonchev–Trinajstić information content (AvgIpc) is 2.70. The highest BCUT2D eigenvalue weighted by atomic mass is 32.1. The minimum atomic E-state index is -0.830. The quantitative estimate of drug-likeness (QED) is 0.705. The largest absolute Gasteiger partial charge is 0.481 e. The van der Waals surface area contributed by atoms with Gasteiger partial charge in [0.2, 0.25) is 5.91 Å². The van der Waals surface area contributed by atoms with Gasteiger partial charge in [-0.1, -0.05) is 0 Å². The number of aryl methyl sites for hydroxylation is 2. The summed E-state index contributed by atoms with van der Waals surface area (Å²) in [6.07, 6.45) is 2.62. The molecule has 1 amide bonds. The molecule has 18 heavy (non-hydrogen) atoms. The first-order chi connectivity index (χ1) is 8.58. The Morgan fingerprint density at radius 1 is 1.39 bits per heavy atom. The molecular formula is C12H18N2O3S. The minimum absolute atomic E-state index is 0.0210. The van der Waals surface area contributed by atoms with Crippen LogP contribution >= 0.6 is 11.3 Å². The van der Waals surface area contributed by atoms with Crippen LogP contribution in [0.4, 0.5) is 0 Å². The van der Waals surface area contributed by atoms with E-state index in [2.05, 4.69) is 10.3 Å². The van der Waals surface area contributed by atoms with E-state index in [1.165, 1.54) is 0 Å². The molecule has 0 aliphatic heterocycles. The third kappa shape index (κ3) is 6.34. The average molecular weight is 270 g/mol. The maximum atomic E-state index is 11.4. The first-order valence-electron chi connectivity index (χ1n) is 5.97. The lowest BCUT2D eigenvalue weighted by atomic mass is 10.2. The van der Waals surface area contributed by atoms with Crippen molar-refractivity contribution in [1.82, 2.24) is 10.3 Å². The van der Waals surface area contributed by atoms with E-state index in [-0.39, 0.29) is 12.3 Å². The number of carbonyl (C=O) groups excluding carboxylic acids is 1. The minimum Gasteiger partial charge on any atom is -0.481 e. The van der Waals surface area contributed by atoms with Gasteiger partial charge in [-0.3, -0.25) is 9.59 Å². The fourth-order valence-electron chi connectivity index (χ4n) is 1.51. The van der Waals surface area contributed by atoms with Crippen LogP contribution in [0.5, 0.6) is 0 Å². The summed E-state index contributed by atoms with van der Waals surface area (Å²) in [6, 6.07) is 0. The number of thiazole rings is 1. The second-order valence-electron chi connectivity index (χ2n) is 4.06. The highest BCUT2D eigenvalue weighted by molar-refractivity contribution is 7.09. The van der Waals surface area contributed by atoms with Crippen LogP contribution in [-0.4, -0.2) is 28.5 Å². The molecule has 0 radical (unpaired) electrons. The van der Waals surface area contributed by atoms with E-state index < -0.39 is 5.97 Å². The van der Waals surface area contributed by atoms with E-state index in [4.69, 9.17) is 5.11 Å². The normalized spacial score (nSPS) is 10.3. The van der Waals surface area contributed by atoms with Gasteiger partial charge in [0.25, 0.3) is 0 Å². The summed E-state index contributed by atoms with van der Waals surface area (Å²) in [5, 5.41) is 14.2. The van der Waals surface area contributed by atoms with Gasteiger partial charge in [-0.05, 0) is 26.2 Å². The molecular weight excluding hydrogens is 252 g/mol. The van der Waals surface area contributed by atoms with Crippen molar-refractivity contribution >= 4 is 23.2 Å². The fourth-order valence-corrected chi connectivity index (χ4v) is 2.16. The van der Waals surface area contributed by atoms with Crippen molar-refractivity contribution in [3.8, 4) is 0 Å². The molecule has 1 rings (SSSR count). The van der Waals surface area contributed by atoms with Crippen molar-refractivity contribution in [2.24, 2.45) is 0 Å². The van der Waals surface area contributed by atoms with Gasteiger partial charge in [0, 0.05) is 24.8 Å². The Hall–Kier alpha value is -1.43. The van der Waals surface area contributed by atoms with E-state index in [1.807, 2.05) is 12.3 Å². The van der Waals surface area contributed by atoms with Crippen molar-refractivity contribution in [2.75, 3.05) is 6.54 Å². The summed E-state index contributed by atoms with van der Waals surface area (Å²) in [5.74, 6) is -0.851. The zero-order valence-electron chi connectivity index (χ0n) is 10.4. The summed E-state index contributed by atoms with van der Waals surface area (Å²) in [5.41, 5.74) is 1.04. The Bertz CT molecular complexity index is 404. The molecule has 0 aliphatic carbocycles. The van der Waals surface area contributed by atoms with Crippen LogP contribution in [0, 0.1) is 6.92 Å². The van der Waals surface area contributed by atoms with Crippen molar-refractivity contribution in [3.05, 3.63) is 16.1 Å². The van der Waals surface area contributed by atoms with Gasteiger partial charge in [-0.2, -0.15) is 0 Å². The van der Waals surface area contributed by atoms with Gasteiger partial charge in [0.05, 0.1) is 10.7 Å². The third-order valence-corrected chi connectivity index (χ3v) is 3.22.